The third kappa shape index (κ3) is 6.15. The van der Waals surface area contributed by atoms with Crippen LogP contribution in [0.15, 0.2) is 66.7 Å². The number of rotatable bonds is 6. The quantitative estimate of drug-likeness (QED) is 0.287. The molecule has 1 N–H and O–H groups in total. The van der Waals surface area contributed by atoms with Crippen LogP contribution in [0, 0.1) is 5.82 Å². The van der Waals surface area contributed by atoms with Crippen LogP contribution in [-0.4, -0.2) is 30.3 Å². The predicted octanol–water partition coefficient (Wildman–Crippen LogP) is 6.64. The van der Waals surface area contributed by atoms with Crippen LogP contribution in [0.25, 0.3) is 11.1 Å². The highest BCUT2D eigenvalue weighted by atomic mass is 19.4. The number of esters is 1. The zero-order valence-electron chi connectivity index (χ0n) is 21.1. The lowest BCUT2D eigenvalue weighted by Crippen LogP contribution is -2.46. The molecule has 9 heteroatoms. The maximum atomic E-state index is 13.8. The Balaban J connectivity index is 1.51. The van der Waals surface area contributed by atoms with E-state index in [0.717, 1.165) is 28.3 Å². The van der Waals surface area contributed by atoms with Gasteiger partial charge in [0, 0.05) is 12.3 Å². The lowest BCUT2D eigenvalue weighted by atomic mass is 9.98. The molecule has 0 unspecified atom stereocenters. The SMILES string of the molecule is CC(C)(C)OC(=O)[C@H](Cc1ccc(F)c(C(F)(F)F)c1)NC(=O)OCC1c2ccccc2-c2ccccc21. The second-order valence-corrected chi connectivity index (χ2v) is 10.1. The maximum Gasteiger partial charge on any atom is 0.419 e. The molecule has 3 aromatic rings. The largest absolute Gasteiger partial charge is 0.458 e. The molecule has 5 nitrogen and oxygen atoms in total. The molecule has 0 aliphatic heterocycles. The molecule has 0 fully saturated rings. The highest BCUT2D eigenvalue weighted by Crippen LogP contribution is 2.44. The number of benzene rings is 3. The zero-order valence-corrected chi connectivity index (χ0v) is 21.1. The van der Waals surface area contributed by atoms with Crippen molar-refractivity contribution in [3.63, 3.8) is 0 Å². The second-order valence-electron chi connectivity index (χ2n) is 10.1. The fraction of sp³-hybridized carbons (Fsp3) is 0.310. The first-order valence-electron chi connectivity index (χ1n) is 12.0. The molecule has 0 heterocycles. The van der Waals surface area contributed by atoms with Gasteiger partial charge >= 0.3 is 18.2 Å². The molecular formula is C29H27F4NO4. The summed E-state index contributed by atoms with van der Waals surface area (Å²) < 4.78 is 64.2. The Labute approximate surface area is 217 Å². The van der Waals surface area contributed by atoms with Crippen molar-refractivity contribution in [2.45, 2.75) is 50.9 Å². The van der Waals surface area contributed by atoms with Crippen LogP contribution < -0.4 is 5.32 Å². The summed E-state index contributed by atoms with van der Waals surface area (Å²) in [5, 5.41) is 2.42. The van der Waals surface area contributed by atoms with Crippen molar-refractivity contribution in [2.24, 2.45) is 0 Å². The monoisotopic (exact) mass is 529 g/mol. The van der Waals surface area contributed by atoms with Crippen molar-refractivity contribution in [3.05, 3.63) is 94.8 Å². The second kappa shape index (κ2) is 10.5. The number of alkyl halides is 3. The van der Waals surface area contributed by atoms with E-state index in [9.17, 15) is 27.2 Å². The third-order valence-corrected chi connectivity index (χ3v) is 6.10. The fourth-order valence-corrected chi connectivity index (χ4v) is 4.50. The highest BCUT2D eigenvalue weighted by molar-refractivity contribution is 5.82. The molecule has 0 saturated heterocycles. The molecule has 4 rings (SSSR count). The van der Waals surface area contributed by atoms with Crippen molar-refractivity contribution in [3.8, 4) is 11.1 Å². The van der Waals surface area contributed by atoms with E-state index in [4.69, 9.17) is 9.47 Å². The van der Waals surface area contributed by atoms with Gasteiger partial charge in [0.15, 0.2) is 0 Å². The van der Waals surface area contributed by atoms with Gasteiger partial charge in [-0.2, -0.15) is 13.2 Å². The van der Waals surface area contributed by atoms with Crippen LogP contribution in [0.1, 0.15) is 48.9 Å². The van der Waals surface area contributed by atoms with Crippen LogP contribution >= 0.6 is 0 Å². The van der Waals surface area contributed by atoms with Crippen LogP contribution in [0.3, 0.4) is 0 Å². The van der Waals surface area contributed by atoms with Gasteiger partial charge in [0.25, 0.3) is 0 Å². The Morgan fingerprint density at radius 2 is 1.50 bits per heavy atom. The predicted molar refractivity (Wildman–Crippen MR) is 133 cm³/mol. The van der Waals surface area contributed by atoms with E-state index >= 15 is 0 Å². The van der Waals surface area contributed by atoms with Gasteiger partial charge in [-0.3, -0.25) is 0 Å². The summed E-state index contributed by atoms with van der Waals surface area (Å²) in [5.41, 5.74) is 1.69. The van der Waals surface area contributed by atoms with Crippen molar-refractivity contribution in [2.75, 3.05) is 6.61 Å². The first-order valence-corrected chi connectivity index (χ1v) is 12.0. The summed E-state index contributed by atoms with van der Waals surface area (Å²) in [7, 11) is 0. The molecule has 1 aliphatic carbocycles. The number of carbonyl (C=O) groups is 2. The standard InChI is InChI=1S/C29H27F4NO4/c1-28(2,3)38-26(35)25(15-17-12-13-24(30)23(14-17)29(31,32)33)34-27(36)37-16-22-20-10-6-4-8-18(20)19-9-5-7-11-21(19)22/h4-14,22,25H,15-16H2,1-3H3,(H,34,36)/t25-/m0/s1. The van der Waals surface area contributed by atoms with E-state index in [2.05, 4.69) is 5.32 Å². The number of carbonyl (C=O) groups excluding carboxylic acids is 2. The van der Waals surface area contributed by atoms with Crippen LogP contribution in [0.5, 0.6) is 0 Å². The van der Waals surface area contributed by atoms with Crippen LogP contribution in [0.4, 0.5) is 22.4 Å². The Morgan fingerprint density at radius 1 is 0.921 bits per heavy atom. The van der Waals surface area contributed by atoms with E-state index < -0.39 is 41.3 Å². The molecule has 0 radical (unpaired) electrons. The fourth-order valence-electron chi connectivity index (χ4n) is 4.50. The molecule has 200 valence electrons. The maximum absolute atomic E-state index is 13.8. The topological polar surface area (TPSA) is 64.6 Å². The summed E-state index contributed by atoms with van der Waals surface area (Å²) in [4.78, 5) is 25.6. The number of halogens is 4. The number of amides is 1. The van der Waals surface area contributed by atoms with E-state index in [0.29, 0.717) is 12.1 Å². The minimum Gasteiger partial charge on any atom is -0.458 e. The van der Waals surface area contributed by atoms with Gasteiger partial charge in [0.1, 0.15) is 24.1 Å². The number of alkyl carbamates (subject to hydrolysis) is 1. The van der Waals surface area contributed by atoms with Crippen molar-refractivity contribution >= 4 is 12.1 Å². The smallest absolute Gasteiger partial charge is 0.419 e. The lowest BCUT2D eigenvalue weighted by molar-refractivity contribution is -0.157. The minimum atomic E-state index is -4.91. The van der Waals surface area contributed by atoms with Gasteiger partial charge in [-0.05, 0) is 60.7 Å². The van der Waals surface area contributed by atoms with Gasteiger partial charge in [0.2, 0.25) is 0 Å². The van der Waals surface area contributed by atoms with Crippen LogP contribution in [0.2, 0.25) is 0 Å². The van der Waals surface area contributed by atoms with Gasteiger partial charge in [-0.25, -0.2) is 14.0 Å². The third-order valence-electron chi connectivity index (χ3n) is 6.10. The van der Waals surface area contributed by atoms with E-state index in [1.807, 2.05) is 48.5 Å². The van der Waals surface area contributed by atoms with E-state index in [1.165, 1.54) is 0 Å². The molecule has 0 saturated carbocycles. The molecule has 1 atom stereocenters. The minimum absolute atomic E-state index is 0.00599. The van der Waals surface area contributed by atoms with E-state index in [-0.39, 0.29) is 24.5 Å². The summed E-state index contributed by atoms with van der Waals surface area (Å²) >= 11 is 0. The summed E-state index contributed by atoms with van der Waals surface area (Å²) in [6, 6.07) is 16.6. The van der Waals surface area contributed by atoms with Gasteiger partial charge in [-0.15, -0.1) is 0 Å². The molecule has 1 aliphatic rings. The Bertz CT molecular complexity index is 1300. The summed E-state index contributed by atoms with van der Waals surface area (Å²) in [5.74, 6) is -2.51. The number of hydrogen-bond donors (Lipinski definition) is 1. The molecule has 3 aromatic carbocycles. The van der Waals surface area contributed by atoms with Crippen molar-refractivity contribution < 1.29 is 36.6 Å². The van der Waals surface area contributed by atoms with Gasteiger partial charge in [0.05, 0.1) is 5.56 Å². The summed E-state index contributed by atoms with van der Waals surface area (Å²) in [6.07, 6.45) is -6.20. The molecule has 0 aromatic heterocycles. The molecule has 0 bridgehead atoms. The van der Waals surface area contributed by atoms with Gasteiger partial charge in [-0.1, -0.05) is 54.6 Å². The average Bonchev–Trinajstić information content (AvgIpc) is 3.15. The highest BCUT2D eigenvalue weighted by Gasteiger charge is 2.35. The average molecular weight is 530 g/mol. The number of nitrogens with one attached hydrogen (secondary N) is 1. The van der Waals surface area contributed by atoms with E-state index in [1.54, 1.807) is 20.8 Å². The molecule has 1 amide bonds. The van der Waals surface area contributed by atoms with Crippen molar-refractivity contribution in [1.82, 2.24) is 5.32 Å². The first-order chi connectivity index (χ1) is 17.8. The lowest BCUT2D eigenvalue weighted by Gasteiger charge is -2.25. The Kier molecular flexibility index (Phi) is 7.49. The van der Waals surface area contributed by atoms with Gasteiger partial charge < -0.3 is 14.8 Å². The Hall–Kier alpha value is -3.88. The molecular weight excluding hydrogens is 502 g/mol. The van der Waals surface area contributed by atoms with Crippen molar-refractivity contribution in [1.29, 1.82) is 0 Å². The number of hydrogen-bond acceptors (Lipinski definition) is 4. The first kappa shape index (κ1) is 27.2. The Morgan fingerprint density at radius 3 is 2.05 bits per heavy atom. The molecule has 0 spiro atoms. The zero-order chi connectivity index (χ0) is 27.7. The number of fused-ring (bicyclic) bond motifs is 3. The van der Waals surface area contributed by atoms with Crippen LogP contribution in [-0.2, 0) is 26.9 Å². The normalized spacial score (nSPS) is 13.9. The molecule has 38 heavy (non-hydrogen) atoms. The number of ether oxygens (including phenoxy) is 2. The summed E-state index contributed by atoms with van der Waals surface area (Å²) in [6.45, 7) is 4.84.